The molecule has 1 aliphatic heterocycles. The van der Waals surface area contributed by atoms with Crippen molar-refractivity contribution >= 4 is 21.6 Å². The summed E-state index contributed by atoms with van der Waals surface area (Å²) in [6, 6.07) is 0.164. The maximum Gasteiger partial charge on any atom is 0.147 e. The average molecular weight is 281 g/mol. The summed E-state index contributed by atoms with van der Waals surface area (Å²) >= 11 is 1.88. The number of hydrogen-bond donors (Lipinski definition) is 1. The summed E-state index contributed by atoms with van der Waals surface area (Å²) in [6.07, 6.45) is 3.14. The first kappa shape index (κ1) is 15.3. The van der Waals surface area contributed by atoms with Crippen molar-refractivity contribution in [3.63, 3.8) is 0 Å². The van der Waals surface area contributed by atoms with E-state index in [4.69, 9.17) is 4.74 Å². The topological polar surface area (TPSA) is 55.4 Å². The van der Waals surface area contributed by atoms with E-state index in [1.807, 2.05) is 11.8 Å². The minimum atomic E-state index is -2.89. The third-order valence-corrected chi connectivity index (χ3v) is 4.74. The van der Waals surface area contributed by atoms with Crippen molar-refractivity contribution in [1.82, 2.24) is 5.32 Å². The van der Waals surface area contributed by atoms with Crippen LogP contribution in [0, 0.1) is 0 Å². The number of ether oxygens (including phenoxy) is 1. The summed E-state index contributed by atoms with van der Waals surface area (Å²) in [5, 5.41) is 3.41. The van der Waals surface area contributed by atoms with Crippen molar-refractivity contribution in [3.8, 4) is 0 Å². The molecular weight excluding hydrogens is 258 g/mol. The van der Waals surface area contributed by atoms with Crippen molar-refractivity contribution in [2.24, 2.45) is 0 Å². The molecule has 4 nitrogen and oxygen atoms in total. The van der Waals surface area contributed by atoms with Crippen LogP contribution >= 0.6 is 11.8 Å². The van der Waals surface area contributed by atoms with Gasteiger partial charge in [-0.05, 0) is 19.4 Å². The van der Waals surface area contributed by atoms with Gasteiger partial charge in [0, 0.05) is 23.8 Å². The maximum absolute atomic E-state index is 11.2. The Morgan fingerprint density at radius 1 is 1.53 bits per heavy atom. The molecule has 1 fully saturated rings. The van der Waals surface area contributed by atoms with Crippen molar-refractivity contribution in [2.45, 2.75) is 31.9 Å². The van der Waals surface area contributed by atoms with Gasteiger partial charge in [-0.1, -0.05) is 6.92 Å². The highest BCUT2D eigenvalue weighted by Crippen LogP contribution is 2.17. The van der Waals surface area contributed by atoms with Gasteiger partial charge in [-0.25, -0.2) is 8.42 Å². The molecule has 0 bridgehead atoms. The summed E-state index contributed by atoms with van der Waals surface area (Å²) in [4.78, 5) is 0. The molecule has 1 rings (SSSR count). The molecule has 0 spiro atoms. The Hall–Kier alpha value is 0.220. The highest BCUT2D eigenvalue weighted by Gasteiger charge is 2.25. The molecular formula is C11H23NO3S2. The molecule has 2 unspecified atom stereocenters. The molecule has 17 heavy (non-hydrogen) atoms. The second-order valence-corrected chi connectivity index (χ2v) is 7.87. The molecule has 1 saturated heterocycles. The Bertz CT molecular complexity index is 300. The molecule has 1 N–H and O–H groups in total. The van der Waals surface area contributed by atoms with Gasteiger partial charge >= 0.3 is 0 Å². The van der Waals surface area contributed by atoms with Crippen molar-refractivity contribution in [1.29, 1.82) is 0 Å². The standard InChI is InChI=1S/C11H23NO3S2/c1-3-5-12-10(4-8-17(2,13)14)11-9-16-7-6-15-11/h10-12H,3-9H2,1-2H3. The van der Waals surface area contributed by atoms with Crippen LogP contribution in [0.2, 0.25) is 0 Å². The Morgan fingerprint density at radius 2 is 2.29 bits per heavy atom. The molecule has 2 atom stereocenters. The number of sulfone groups is 1. The zero-order valence-corrected chi connectivity index (χ0v) is 12.3. The number of nitrogens with one attached hydrogen (secondary N) is 1. The van der Waals surface area contributed by atoms with E-state index >= 15 is 0 Å². The molecule has 1 heterocycles. The second kappa shape index (κ2) is 7.61. The summed E-state index contributed by atoms with van der Waals surface area (Å²) in [5.41, 5.74) is 0. The molecule has 0 saturated carbocycles. The molecule has 102 valence electrons. The first-order chi connectivity index (χ1) is 8.03. The largest absolute Gasteiger partial charge is 0.375 e. The van der Waals surface area contributed by atoms with E-state index in [9.17, 15) is 8.42 Å². The van der Waals surface area contributed by atoms with Crippen LogP contribution in [0.4, 0.5) is 0 Å². The quantitative estimate of drug-likeness (QED) is 0.752. The molecule has 0 aliphatic carbocycles. The lowest BCUT2D eigenvalue weighted by Crippen LogP contribution is -2.46. The minimum absolute atomic E-state index is 0.155. The Balaban J connectivity index is 2.46. The van der Waals surface area contributed by atoms with E-state index in [0.717, 1.165) is 31.1 Å². The van der Waals surface area contributed by atoms with E-state index in [-0.39, 0.29) is 17.9 Å². The Morgan fingerprint density at radius 3 is 2.82 bits per heavy atom. The van der Waals surface area contributed by atoms with E-state index < -0.39 is 9.84 Å². The van der Waals surface area contributed by atoms with Gasteiger partial charge in [0.05, 0.1) is 18.5 Å². The lowest BCUT2D eigenvalue weighted by molar-refractivity contribution is 0.0463. The third kappa shape index (κ3) is 6.64. The molecule has 0 aromatic rings. The second-order valence-electron chi connectivity index (χ2n) is 4.46. The van der Waals surface area contributed by atoms with Gasteiger partial charge in [-0.2, -0.15) is 11.8 Å². The fraction of sp³-hybridized carbons (Fsp3) is 1.00. The van der Waals surface area contributed by atoms with Crippen LogP contribution in [-0.2, 0) is 14.6 Å². The summed E-state index contributed by atoms with van der Waals surface area (Å²) in [6.45, 7) is 3.80. The summed E-state index contributed by atoms with van der Waals surface area (Å²) in [7, 11) is -2.89. The van der Waals surface area contributed by atoms with Crippen molar-refractivity contribution in [2.75, 3.05) is 36.7 Å². The van der Waals surface area contributed by atoms with Gasteiger partial charge in [0.25, 0.3) is 0 Å². The van der Waals surface area contributed by atoms with Gasteiger partial charge in [0.15, 0.2) is 0 Å². The Kier molecular flexibility index (Phi) is 6.84. The van der Waals surface area contributed by atoms with Gasteiger partial charge in [0.1, 0.15) is 9.84 Å². The first-order valence-electron chi connectivity index (χ1n) is 6.13. The first-order valence-corrected chi connectivity index (χ1v) is 9.35. The number of hydrogen-bond acceptors (Lipinski definition) is 5. The molecule has 0 aromatic heterocycles. The van der Waals surface area contributed by atoms with Gasteiger partial charge < -0.3 is 10.1 Å². The zero-order chi connectivity index (χ0) is 12.7. The van der Waals surface area contributed by atoms with Crippen LogP contribution < -0.4 is 5.32 Å². The lowest BCUT2D eigenvalue weighted by Gasteiger charge is -2.30. The monoisotopic (exact) mass is 281 g/mol. The van der Waals surface area contributed by atoms with E-state index in [1.54, 1.807) is 0 Å². The van der Waals surface area contributed by atoms with Crippen LogP contribution in [0.15, 0.2) is 0 Å². The van der Waals surface area contributed by atoms with Gasteiger partial charge in [0.2, 0.25) is 0 Å². The molecule has 0 radical (unpaired) electrons. The van der Waals surface area contributed by atoms with Crippen molar-refractivity contribution in [3.05, 3.63) is 0 Å². The predicted octanol–water partition coefficient (Wildman–Crippen LogP) is 0.921. The van der Waals surface area contributed by atoms with Crippen LogP contribution in [0.25, 0.3) is 0 Å². The molecule has 1 aliphatic rings. The lowest BCUT2D eigenvalue weighted by atomic mass is 10.1. The van der Waals surface area contributed by atoms with Crippen molar-refractivity contribution < 1.29 is 13.2 Å². The fourth-order valence-electron chi connectivity index (χ4n) is 1.83. The smallest absolute Gasteiger partial charge is 0.147 e. The van der Waals surface area contributed by atoms with Crippen LogP contribution in [-0.4, -0.2) is 57.2 Å². The normalized spacial score (nSPS) is 23.5. The van der Waals surface area contributed by atoms with Crippen LogP contribution in [0.1, 0.15) is 19.8 Å². The highest BCUT2D eigenvalue weighted by atomic mass is 32.2. The van der Waals surface area contributed by atoms with Gasteiger partial charge in [-0.3, -0.25) is 0 Å². The zero-order valence-electron chi connectivity index (χ0n) is 10.6. The minimum Gasteiger partial charge on any atom is -0.375 e. The van der Waals surface area contributed by atoms with Crippen LogP contribution in [0.3, 0.4) is 0 Å². The van der Waals surface area contributed by atoms with E-state index in [2.05, 4.69) is 12.2 Å². The summed E-state index contributed by atoms with van der Waals surface area (Å²) < 4.78 is 28.2. The maximum atomic E-state index is 11.2. The summed E-state index contributed by atoms with van der Waals surface area (Å²) in [5.74, 6) is 2.24. The molecule has 0 amide bonds. The third-order valence-electron chi connectivity index (χ3n) is 2.75. The SMILES string of the molecule is CCCNC(CCS(C)(=O)=O)C1CSCCO1. The molecule has 0 aromatic carbocycles. The van der Waals surface area contributed by atoms with E-state index in [1.165, 1.54) is 6.26 Å². The highest BCUT2D eigenvalue weighted by molar-refractivity contribution is 7.99. The number of rotatable bonds is 7. The van der Waals surface area contributed by atoms with E-state index in [0.29, 0.717) is 6.42 Å². The predicted molar refractivity (Wildman–Crippen MR) is 73.5 cm³/mol. The fourth-order valence-corrected chi connectivity index (χ4v) is 3.45. The Labute approximate surface area is 109 Å². The van der Waals surface area contributed by atoms with Crippen LogP contribution in [0.5, 0.6) is 0 Å². The van der Waals surface area contributed by atoms with Gasteiger partial charge in [-0.15, -0.1) is 0 Å². The average Bonchev–Trinajstić information content (AvgIpc) is 2.29. The number of thioether (sulfide) groups is 1. The molecule has 6 heteroatoms.